The fourth-order valence-electron chi connectivity index (χ4n) is 3.89. The predicted octanol–water partition coefficient (Wildman–Crippen LogP) is 5.35. The number of rotatable bonds is 6. The largest absolute Gasteiger partial charge is 0.478 e. The molecule has 2 atom stereocenters. The second kappa shape index (κ2) is 9.18. The Kier molecular flexibility index (Phi) is 6.98. The quantitative estimate of drug-likeness (QED) is 0.611. The first-order chi connectivity index (χ1) is 14.5. The Morgan fingerprint density at radius 3 is 2.16 bits per heavy atom. The van der Waals surface area contributed by atoms with Crippen molar-refractivity contribution in [1.82, 2.24) is 4.31 Å². The molecule has 3 rings (SSSR count). The highest BCUT2D eigenvalue weighted by atomic mass is 35.5. The first-order valence-electron chi connectivity index (χ1n) is 9.66. The van der Waals surface area contributed by atoms with Crippen LogP contribution in [0.3, 0.4) is 0 Å². The van der Waals surface area contributed by atoms with E-state index in [1.807, 2.05) is 0 Å². The summed E-state index contributed by atoms with van der Waals surface area (Å²) in [5.74, 6) is -2.93. The molecule has 1 aliphatic carbocycles. The maximum atomic E-state index is 13.8. The number of sulfonamides is 1. The Balaban J connectivity index is 2.04. The second-order valence-corrected chi connectivity index (χ2v) is 9.83. The molecule has 168 valence electrons. The monoisotopic (exact) mass is 475 g/mol. The first-order valence-corrected chi connectivity index (χ1v) is 11.5. The van der Waals surface area contributed by atoms with Crippen LogP contribution in [0.4, 0.5) is 13.2 Å². The van der Waals surface area contributed by atoms with Gasteiger partial charge in [-0.05, 0) is 54.8 Å². The Morgan fingerprint density at radius 1 is 1.03 bits per heavy atom. The van der Waals surface area contributed by atoms with Gasteiger partial charge in [0.25, 0.3) is 0 Å². The molecule has 0 radical (unpaired) electrons. The molecule has 31 heavy (non-hydrogen) atoms. The van der Waals surface area contributed by atoms with Gasteiger partial charge in [0.15, 0.2) is 0 Å². The highest BCUT2D eigenvalue weighted by Gasteiger charge is 2.50. The lowest BCUT2D eigenvalue weighted by Gasteiger charge is -2.40. The number of hydrogen-bond acceptors (Lipinski definition) is 3. The number of nitrogens with zero attached hydrogens (tertiary/aromatic N) is 1. The molecule has 0 spiro atoms. The van der Waals surface area contributed by atoms with Crippen molar-refractivity contribution in [1.29, 1.82) is 0 Å². The Labute approximate surface area is 183 Å². The minimum absolute atomic E-state index is 0.00157. The van der Waals surface area contributed by atoms with Crippen molar-refractivity contribution >= 4 is 27.6 Å². The van der Waals surface area contributed by atoms with E-state index in [0.29, 0.717) is 23.4 Å². The van der Waals surface area contributed by atoms with E-state index in [4.69, 9.17) is 16.7 Å². The summed E-state index contributed by atoms with van der Waals surface area (Å²) < 4.78 is 69.1. The van der Waals surface area contributed by atoms with Crippen LogP contribution in [0.15, 0.2) is 53.4 Å². The van der Waals surface area contributed by atoms with Crippen molar-refractivity contribution in [3.63, 3.8) is 0 Å². The first kappa shape index (κ1) is 23.6. The van der Waals surface area contributed by atoms with Gasteiger partial charge in [-0.15, -0.1) is 0 Å². The van der Waals surface area contributed by atoms with Crippen molar-refractivity contribution in [2.45, 2.75) is 49.3 Å². The third-order valence-corrected chi connectivity index (χ3v) is 7.62. The Morgan fingerprint density at radius 2 is 1.61 bits per heavy atom. The SMILES string of the molecule is O=C(O)c1ccc(CN(C2CCCCC2C(F)(F)F)S(=O)(=O)c2ccc(Cl)cc2)cc1. The molecule has 1 fully saturated rings. The molecule has 2 aromatic carbocycles. The average molecular weight is 476 g/mol. The van der Waals surface area contributed by atoms with Crippen LogP contribution >= 0.6 is 11.6 Å². The summed E-state index contributed by atoms with van der Waals surface area (Å²) >= 11 is 5.84. The van der Waals surface area contributed by atoms with Crippen LogP contribution in [0.25, 0.3) is 0 Å². The van der Waals surface area contributed by atoms with Gasteiger partial charge in [0.1, 0.15) is 0 Å². The number of halogens is 4. The van der Waals surface area contributed by atoms with Crippen molar-refractivity contribution in [3.05, 3.63) is 64.7 Å². The maximum absolute atomic E-state index is 13.8. The zero-order valence-electron chi connectivity index (χ0n) is 16.3. The number of benzene rings is 2. The molecule has 1 N–H and O–H groups in total. The standard InChI is InChI=1S/C21H21ClF3NO4S/c22-16-9-11-17(12-10-16)31(29,30)26(13-14-5-7-15(8-6-14)20(27)28)19-4-2-1-3-18(19)21(23,24)25/h5-12,18-19H,1-4,13H2,(H,27,28). The number of hydrogen-bond donors (Lipinski definition) is 1. The molecule has 0 aromatic heterocycles. The lowest BCUT2D eigenvalue weighted by molar-refractivity contribution is -0.194. The van der Waals surface area contributed by atoms with Gasteiger partial charge in [-0.25, -0.2) is 13.2 Å². The molecule has 5 nitrogen and oxygen atoms in total. The van der Waals surface area contributed by atoms with E-state index < -0.39 is 34.1 Å². The molecule has 0 amide bonds. The summed E-state index contributed by atoms with van der Waals surface area (Å²) in [7, 11) is -4.28. The summed E-state index contributed by atoms with van der Waals surface area (Å²) in [5.41, 5.74) is 0.399. The van der Waals surface area contributed by atoms with Gasteiger partial charge < -0.3 is 5.11 Å². The normalized spacial score (nSPS) is 20.0. The fraction of sp³-hybridized carbons (Fsp3) is 0.381. The molecule has 0 heterocycles. The highest BCUT2D eigenvalue weighted by molar-refractivity contribution is 7.89. The van der Waals surface area contributed by atoms with E-state index in [9.17, 15) is 26.4 Å². The zero-order chi connectivity index (χ0) is 22.8. The van der Waals surface area contributed by atoms with E-state index in [1.54, 1.807) is 0 Å². The summed E-state index contributed by atoms with van der Waals surface area (Å²) in [6.07, 6.45) is -3.72. The molecule has 1 aliphatic rings. The van der Waals surface area contributed by atoms with Crippen molar-refractivity contribution in [3.8, 4) is 0 Å². The third-order valence-electron chi connectivity index (χ3n) is 5.48. The molecular weight excluding hydrogens is 455 g/mol. The van der Waals surface area contributed by atoms with Crippen molar-refractivity contribution in [2.75, 3.05) is 0 Å². The molecular formula is C21H21ClF3NO4S. The smallest absolute Gasteiger partial charge is 0.393 e. The van der Waals surface area contributed by atoms with Gasteiger partial charge in [0.2, 0.25) is 10.0 Å². The predicted molar refractivity (Wildman–Crippen MR) is 109 cm³/mol. The lowest BCUT2D eigenvalue weighted by atomic mass is 9.84. The second-order valence-electron chi connectivity index (χ2n) is 7.51. The Hall–Kier alpha value is -2.10. The van der Waals surface area contributed by atoms with E-state index >= 15 is 0 Å². The van der Waals surface area contributed by atoms with Crippen molar-refractivity contribution in [2.24, 2.45) is 5.92 Å². The molecule has 0 saturated heterocycles. The number of carboxylic acids is 1. The van der Waals surface area contributed by atoms with Crippen LogP contribution < -0.4 is 0 Å². The van der Waals surface area contributed by atoms with E-state index in [0.717, 1.165) is 4.31 Å². The number of alkyl halides is 3. The van der Waals surface area contributed by atoms with Crippen LogP contribution in [0.5, 0.6) is 0 Å². The molecule has 2 aromatic rings. The van der Waals surface area contributed by atoms with Crippen LogP contribution in [-0.2, 0) is 16.6 Å². The number of carbonyl (C=O) groups is 1. The third kappa shape index (κ3) is 5.39. The number of carboxylic acid groups (broad SMARTS) is 1. The van der Waals surface area contributed by atoms with Gasteiger partial charge in [-0.1, -0.05) is 36.6 Å². The fourth-order valence-corrected chi connectivity index (χ4v) is 5.70. The molecule has 0 aliphatic heterocycles. The molecule has 2 unspecified atom stereocenters. The lowest BCUT2D eigenvalue weighted by Crippen LogP contribution is -2.49. The highest BCUT2D eigenvalue weighted by Crippen LogP contribution is 2.42. The summed E-state index contributed by atoms with van der Waals surface area (Å²) in [6, 6.07) is 9.45. The topological polar surface area (TPSA) is 74.7 Å². The van der Waals surface area contributed by atoms with Crippen LogP contribution in [0.2, 0.25) is 5.02 Å². The van der Waals surface area contributed by atoms with Gasteiger partial charge >= 0.3 is 12.1 Å². The average Bonchev–Trinajstić information content (AvgIpc) is 2.72. The molecule has 10 heteroatoms. The maximum Gasteiger partial charge on any atom is 0.393 e. The van der Waals surface area contributed by atoms with Crippen LogP contribution in [0, 0.1) is 5.92 Å². The molecule has 1 saturated carbocycles. The minimum Gasteiger partial charge on any atom is -0.478 e. The Bertz CT molecular complexity index is 1020. The van der Waals surface area contributed by atoms with E-state index in [1.165, 1.54) is 48.5 Å². The van der Waals surface area contributed by atoms with Crippen LogP contribution in [0.1, 0.15) is 41.6 Å². The van der Waals surface area contributed by atoms with Gasteiger partial charge in [0.05, 0.1) is 16.4 Å². The van der Waals surface area contributed by atoms with E-state index in [-0.39, 0.29) is 29.8 Å². The minimum atomic E-state index is -4.54. The van der Waals surface area contributed by atoms with Gasteiger partial charge in [-0.2, -0.15) is 17.5 Å². The van der Waals surface area contributed by atoms with Gasteiger partial charge in [-0.3, -0.25) is 0 Å². The summed E-state index contributed by atoms with van der Waals surface area (Å²) in [4.78, 5) is 10.9. The summed E-state index contributed by atoms with van der Waals surface area (Å²) in [5, 5.41) is 9.35. The number of aromatic carboxylic acids is 1. The van der Waals surface area contributed by atoms with Crippen LogP contribution in [-0.4, -0.2) is 36.0 Å². The molecule has 0 bridgehead atoms. The summed E-state index contributed by atoms with van der Waals surface area (Å²) in [6.45, 7) is -0.303. The van der Waals surface area contributed by atoms with Crippen molar-refractivity contribution < 1.29 is 31.5 Å². The van der Waals surface area contributed by atoms with E-state index in [2.05, 4.69) is 0 Å². The zero-order valence-corrected chi connectivity index (χ0v) is 17.9. The van der Waals surface area contributed by atoms with Gasteiger partial charge in [0, 0.05) is 17.6 Å².